The number of nitrogens with zero attached hydrogens (tertiary/aromatic N) is 1. The van der Waals surface area contributed by atoms with Crippen molar-refractivity contribution in [1.82, 2.24) is 15.5 Å². The second-order valence-corrected chi connectivity index (χ2v) is 6.72. The van der Waals surface area contributed by atoms with E-state index in [-0.39, 0.29) is 12.5 Å². The van der Waals surface area contributed by atoms with Crippen molar-refractivity contribution in [2.75, 3.05) is 20.1 Å². The molecule has 1 aromatic carbocycles. The first-order valence-corrected chi connectivity index (χ1v) is 8.13. The lowest BCUT2D eigenvalue weighted by Crippen LogP contribution is -2.44. The van der Waals surface area contributed by atoms with Gasteiger partial charge in [-0.1, -0.05) is 52.0 Å². The van der Waals surface area contributed by atoms with E-state index in [0.717, 1.165) is 5.56 Å². The maximum atomic E-state index is 11.8. The monoisotopic (exact) mass is 319 g/mol. The number of amides is 3. The molecule has 0 aliphatic heterocycles. The lowest BCUT2D eigenvalue weighted by atomic mass is 10.0. The zero-order chi connectivity index (χ0) is 17.4. The number of carbonyl (C=O) groups is 2. The SMILES string of the molecule is CC(C)CNC(=O)NC(=O)CN(C)Cc1ccc(C(C)C)cc1. The molecule has 0 bridgehead atoms. The molecular formula is C18H29N3O2. The molecule has 2 N–H and O–H groups in total. The Bertz CT molecular complexity index is 510. The Labute approximate surface area is 139 Å². The van der Waals surface area contributed by atoms with Crippen LogP contribution in [0.25, 0.3) is 0 Å². The first-order chi connectivity index (χ1) is 10.8. The molecule has 0 heterocycles. The molecule has 0 aliphatic carbocycles. The van der Waals surface area contributed by atoms with Gasteiger partial charge in [-0.05, 0) is 30.0 Å². The summed E-state index contributed by atoms with van der Waals surface area (Å²) in [6.45, 7) is 9.73. The minimum absolute atomic E-state index is 0.182. The molecule has 3 amide bonds. The van der Waals surface area contributed by atoms with E-state index >= 15 is 0 Å². The molecule has 0 aliphatic rings. The standard InChI is InChI=1S/C18H29N3O2/c1-13(2)10-19-18(23)20-17(22)12-21(5)11-15-6-8-16(9-7-15)14(3)4/h6-9,13-14H,10-12H2,1-5H3,(H2,19,20,22,23). The van der Waals surface area contributed by atoms with Crippen LogP contribution in [0.15, 0.2) is 24.3 Å². The number of hydrogen-bond donors (Lipinski definition) is 2. The summed E-state index contributed by atoms with van der Waals surface area (Å²) in [6, 6.07) is 7.97. The fourth-order valence-electron chi connectivity index (χ4n) is 2.13. The number of urea groups is 1. The smallest absolute Gasteiger partial charge is 0.321 e. The summed E-state index contributed by atoms with van der Waals surface area (Å²) in [5.74, 6) is 0.566. The van der Waals surface area contributed by atoms with E-state index in [1.807, 2.05) is 25.8 Å². The van der Waals surface area contributed by atoms with E-state index in [4.69, 9.17) is 0 Å². The molecule has 0 saturated carbocycles. The Hall–Kier alpha value is -1.88. The molecule has 5 heteroatoms. The van der Waals surface area contributed by atoms with Gasteiger partial charge in [0.05, 0.1) is 6.54 Å². The first kappa shape index (κ1) is 19.2. The van der Waals surface area contributed by atoms with Crippen molar-refractivity contribution >= 4 is 11.9 Å². The fourth-order valence-corrected chi connectivity index (χ4v) is 2.13. The van der Waals surface area contributed by atoms with Gasteiger partial charge in [-0.2, -0.15) is 0 Å². The Morgan fingerprint density at radius 2 is 1.70 bits per heavy atom. The number of benzene rings is 1. The molecule has 0 radical (unpaired) electrons. The van der Waals surface area contributed by atoms with E-state index in [9.17, 15) is 9.59 Å². The second-order valence-electron chi connectivity index (χ2n) is 6.72. The van der Waals surface area contributed by atoms with Gasteiger partial charge in [0, 0.05) is 13.1 Å². The lowest BCUT2D eigenvalue weighted by Gasteiger charge is -2.17. The summed E-state index contributed by atoms with van der Waals surface area (Å²) in [4.78, 5) is 25.3. The first-order valence-electron chi connectivity index (χ1n) is 8.13. The molecule has 128 valence electrons. The zero-order valence-corrected chi connectivity index (χ0v) is 14.8. The van der Waals surface area contributed by atoms with Crippen molar-refractivity contribution in [2.45, 2.75) is 40.2 Å². The third-order valence-corrected chi connectivity index (χ3v) is 3.44. The van der Waals surface area contributed by atoms with Crippen molar-refractivity contribution in [3.05, 3.63) is 35.4 Å². The van der Waals surface area contributed by atoms with Gasteiger partial charge in [0.2, 0.25) is 5.91 Å². The number of hydrogen-bond acceptors (Lipinski definition) is 3. The summed E-state index contributed by atoms with van der Waals surface area (Å²) in [6.07, 6.45) is 0. The van der Waals surface area contributed by atoms with E-state index in [1.54, 1.807) is 0 Å². The van der Waals surface area contributed by atoms with Gasteiger partial charge in [-0.3, -0.25) is 15.0 Å². The number of nitrogens with one attached hydrogen (secondary N) is 2. The van der Waals surface area contributed by atoms with Gasteiger partial charge in [0.1, 0.15) is 0 Å². The van der Waals surface area contributed by atoms with Gasteiger partial charge in [-0.25, -0.2) is 4.79 Å². The largest absolute Gasteiger partial charge is 0.338 e. The van der Waals surface area contributed by atoms with Crippen LogP contribution >= 0.6 is 0 Å². The van der Waals surface area contributed by atoms with Crippen molar-refractivity contribution in [3.63, 3.8) is 0 Å². The van der Waals surface area contributed by atoms with Crippen LogP contribution in [0.3, 0.4) is 0 Å². The average Bonchev–Trinajstić information content (AvgIpc) is 2.45. The summed E-state index contributed by atoms with van der Waals surface area (Å²) in [5.41, 5.74) is 2.45. The third-order valence-electron chi connectivity index (χ3n) is 3.44. The quantitative estimate of drug-likeness (QED) is 0.812. The van der Waals surface area contributed by atoms with E-state index in [1.165, 1.54) is 5.56 Å². The maximum absolute atomic E-state index is 11.8. The molecule has 0 atom stereocenters. The highest BCUT2D eigenvalue weighted by molar-refractivity contribution is 5.95. The minimum Gasteiger partial charge on any atom is -0.338 e. The number of likely N-dealkylation sites (N-methyl/N-ethyl adjacent to an activating group) is 1. The Morgan fingerprint density at radius 3 is 2.22 bits per heavy atom. The summed E-state index contributed by atoms with van der Waals surface area (Å²) in [7, 11) is 1.86. The van der Waals surface area contributed by atoms with Crippen molar-refractivity contribution in [2.24, 2.45) is 5.92 Å². The van der Waals surface area contributed by atoms with Crippen molar-refractivity contribution < 1.29 is 9.59 Å². The molecule has 0 aromatic heterocycles. The van der Waals surface area contributed by atoms with Crippen LogP contribution in [0.5, 0.6) is 0 Å². The topological polar surface area (TPSA) is 61.4 Å². The summed E-state index contributed by atoms with van der Waals surface area (Å²) < 4.78 is 0. The fraction of sp³-hybridized carbons (Fsp3) is 0.556. The molecular weight excluding hydrogens is 290 g/mol. The molecule has 0 fully saturated rings. The Kier molecular flexibility index (Phi) is 7.75. The molecule has 0 unspecified atom stereocenters. The number of rotatable bonds is 7. The van der Waals surface area contributed by atoms with E-state index in [2.05, 4.69) is 48.7 Å². The average molecular weight is 319 g/mol. The highest BCUT2D eigenvalue weighted by atomic mass is 16.2. The number of carbonyl (C=O) groups excluding carboxylic acids is 2. The summed E-state index contributed by atoms with van der Waals surface area (Å²) >= 11 is 0. The van der Waals surface area contributed by atoms with Crippen LogP contribution in [0, 0.1) is 5.92 Å². The minimum atomic E-state index is -0.432. The molecule has 0 spiro atoms. The summed E-state index contributed by atoms with van der Waals surface area (Å²) in [5, 5.41) is 5.01. The molecule has 1 aromatic rings. The van der Waals surface area contributed by atoms with Crippen LogP contribution in [0.1, 0.15) is 44.7 Å². The van der Waals surface area contributed by atoms with Gasteiger partial charge in [0.25, 0.3) is 0 Å². The highest BCUT2D eigenvalue weighted by Gasteiger charge is 2.11. The van der Waals surface area contributed by atoms with E-state index < -0.39 is 6.03 Å². The van der Waals surface area contributed by atoms with Crippen LogP contribution in [-0.2, 0) is 11.3 Å². The molecule has 0 saturated heterocycles. The van der Waals surface area contributed by atoms with Gasteiger partial charge < -0.3 is 5.32 Å². The molecule has 5 nitrogen and oxygen atoms in total. The van der Waals surface area contributed by atoms with Crippen molar-refractivity contribution in [1.29, 1.82) is 0 Å². The third kappa shape index (κ3) is 7.79. The lowest BCUT2D eigenvalue weighted by molar-refractivity contribution is -0.120. The van der Waals surface area contributed by atoms with Gasteiger partial charge in [0.15, 0.2) is 0 Å². The van der Waals surface area contributed by atoms with Gasteiger partial charge in [-0.15, -0.1) is 0 Å². The second kappa shape index (κ2) is 9.30. The molecule has 23 heavy (non-hydrogen) atoms. The predicted octanol–water partition coefficient (Wildman–Crippen LogP) is 2.72. The number of imide groups is 1. The molecule has 1 rings (SSSR count). The van der Waals surface area contributed by atoms with Crippen LogP contribution in [0.4, 0.5) is 4.79 Å². The highest BCUT2D eigenvalue weighted by Crippen LogP contribution is 2.15. The van der Waals surface area contributed by atoms with E-state index in [0.29, 0.717) is 24.9 Å². The normalized spacial score (nSPS) is 11.1. The van der Waals surface area contributed by atoms with Crippen LogP contribution < -0.4 is 10.6 Å². The Morgan fingerprint density at radius 1 is 1.09 bits per heavy atom. The van der Waals surface area contributed by atoms with Crippen LogP contribution in [-0.4, -0.2) is 37.0 Å². The van der Waals surface area contributed by atoms with Crippen molar-refractivity contribution in [3.8, 4) is 0 Å². The Balaban J connectivity index is 2.39. The van der Waals surface area contributed by atoms with Crippen LogP contribution in [0.2, 0.25) is 0 Å². The predicted molar refractivity (Wildman–Crippen MR) is 93.2 cm³/mol. The van der Waals surface area contributed by atoms with Gasteiger partial charge >= 0.3 is 6.03 Å². The zero-order valence-electron chi connectivity index (χ0n) is 14.8. The maximum Gasteiger partial charge on any atom is 0.321 e.